The highest BCUT2D eigenvalue weighted by atomic mass is 32.1. The lowest BCUT2D eigenvalue weighted by atomic mass is 9.52. The van der Waals surface area contributed by atoms with Crippen molar-refractivity contribution in [2.24, 2.45) is 28.6 Å². The molecule has 9 atom stereocenters. The number of unbranched alkanes of at least 4 members (excludes halogenated alkanes) is 1. The number of phenolic OH excluding ortho intramolecular Hbond substituents is 1. The van der Waals surface area contributed by atoms with Gasteiger partial charge in [-0.1, -0.05) is 64.4 Å². The van der Waals surface area contributed by atoms with E-state index in [1.165, 1.54) is 16.0 Å². The van der Waals surface area contributed by atoms with Crippen LogP contribution in [0.15, 0.2) is 42.5 Å². The number of hydrogen-bond donors (Lipinski definition) is 5. The van der Waals surface area contributed by atoms with Crippen molar-refractivity contribution in [2.75, 3.05) is 59.4 Å². The second kappa shape index (κ2) is 23.3. The Morgan fingerprint density at radius 2 is 1.60 bits per heavy atom. The topological polar surface area (TPSA) is 189 Å². The molecule has 1 saturated heterocycles. The fraction of sp³-hybridized carbons (Fsp3) is 0.660. The van der Waals surface area contributed by atoms with Crippen LogP contribution in [-0.2, 0) is 46.3 Å². The molecule has 0 radical (unpaired) electrons. The Labute approximate surface area is 406 Å². The van der Waals surface area contributed by atoms with Gasteiger partial charge in [0.15, 0.2) is 0 Å². The van der Waals surface area contributed by atoms with Gasteiger partial charge < -0.3 is 49.8 Å². The highest BCUT2D eigenvalue weighted by molar-refractivity contribution is 7.15. The second-order valence-corrected chi connectivity index (χ2v) is 22.2. The zero-order valence-corrected chi connectivity index (χ0v) is 41.9. The number of aromatic hydroxyl groups is 1. The van der Waals surface area contributed by atoms with Gasteiger partial charge in [-0.2, -0.15) is 0 Å². The van der Waals surface area contributed by atoms with Gasteiger partial charge in [0.25, 0.3) is 0 Å². The number of carbonyl (C=O) groups is 3. The summed E-state index contributed by atoms with van der Waals surface area (Å²) in [5, 5.41) is 38.6. The number of phenols is 1. The number of β-amino-alcohol motifs (C(OH)–C–C–N with tert-alkyl or cyclic N) is 1. The van der Waals surface area contributed by atoms with E-state index in [0.29, 0.717) is 62.5 Å². The normalized spacial score (nSPS) is 25.9. The van der Waals surface area contributed by atoms with Crippen molar-refractivity contribution in [2.45, 2.75) is 136 Å². The molecule has 374 valence electrons. The van der Waals surface area contributed by atoms with E-state index in [0.717, 1.165) is 78.1 Å². The summed E-state index contributed by atoms with van der Waals surface area (Å²) < 4.78 is 22.8. The fourth-order valence-corrected chi connectivity index (χ4v) is 12.6. The van der Waals surface area contributed by atoms with Crippen LogP contribution in [0, 0.1) is 42.4 Å². The number of benzene rings is 2. The minimum Gasteiger partial charge on any atom is -0.508 e. The van der Waals surface area contributed by atoms with Gasteiger partial charge >= 0.3 is 0 Å². The minimum atomic E-state index is -0.954. The van der Waals surface area contributed by atoms with E-state index in [-0.39, 0.29) is 56.8 Å². The molecule has 3 fully saturated rings. The van der Waals surface area contributed by atoms with Crippen LogP contribution in [0.5, 0.6) is 5.75 Å². The van der Waals surface area contributed by atoms with Crippen LogP contribution in [-0.4, -0.2) is 127 Å². The molecule has 3 aromatic rings. The third-order valence-electron chi connectivity index (χ3n) is 15.2. The van der Waals surface area contributed by atoms with Crippen LogP contribution in [0.2, 0.25) is 0 Å². The fourth-order valence-electron chi connectivity index (χ4n) is 11.7. The number of likely N-dealkylation sites (tertiary alicyclic amines) is 1. The monoisotopic (exact) mass is 961 g/mol. The number of aryl methyl sites for hydroxylation is 2. The lowest BCUT2D eigenvalue weighted by Crippen LogP contribution is -2.58. The summed E-state index contributed by atoms with van der Waals surface area (Å²) in [6.07, 6.45) is 7.42. The second-order valence-electron chi connectivity index (χ2n) is 21.0. The lowest BCUT2D eigenvalue weighted by Gasteiger charge is -2.53. The highest BCUT2D eigenvalue weighted by Gasteiger charge is 2.56. The van der Waals surface area contributed by atoms with Crippen molar-refractivity contribution < 1.29 is 48.7 Å². The van der Waals surface area contributed by atoms with Crippen molar-refractivity contribution in [3.63, 3.8) is 0 Å². The van der Waals surface area contributed by atoms with Gasteiger partial charge in [-0.05, 0) is 128 Å². The summed E-state index contributed by atoms with van der Waals surface area (Å²) in [4.78, 5) is 47.4. The molecule has 5 N–H and O–H groups in total. The van der Waals surface area contributed by atoms with Crippen molar-refractivity contribution in [3.8, 4) is 16.2 Å². The van der Waals surface area contributed by atoms with Gasteiger partial charge in [0, 0.05) is 26.1 Å². The average Bonchev–Trinajstić information content (AvgIpc) is 3.97. The Morgan fingerprint density at radius 3 is 2.28 bits per heavy atom. The molecule has 1 aliphatic heterocycles. The van der Waals surface area contributed by atoms with Crippen molar-refractivity contribution >= 4 is 29.1 Å². The average molecular weight is 961 g/mol. The maximum absolute atomic E-state index is 14.0. The lowest BCUT2D eigenvalue weighted by molar-refractivity contribution is -0.144. The molecule has 1 aromatic heterocycles. The van der Waals surface area contributed by atoms with Crippen LogP contribution in [0.25, 0.3) is 10.4 Å². The standard InChI is InChI=1S/C53H76N4O10S/c1-33-48(68-34(2)55-33)36-12-10-35(11-13-36)30-54-50(62)44-29-40(59)31-57(44)51(63)49(52(3,4)5)56-46(61)32-67-26-25-66-24-23-65-22-21-64-20-8-7-9-37-27-38-28-39(58)14-15-41(38)42-18-19-53(6)43(47(37)42)16-17-45(53)60/h10-15,28,37,40,42-45,47,49,58-60H,7-9,16-27,29-32H2,1-6H3,(H,54,62)(H,56,61)/t37-,40-,42-,43+,44+,45+,47-,49-,53+/m1/s1. The zero-order chi connectivity index (χ0) is 48.6. The Balaban J connectivity index is 0.737. The molecule has 7 rings (SSSR count). The summed E-state index contributed by atoms with van der Waals surface area (Å²) in [5.74, 6) is 1.27. The number of ether oxygens (including phenoxy) is 4. The number of hydrogen-bond acceptors (Lipinski definition) is 12. The molecule has 3 aliphatic carbocycles. The number of fused-ring (bicyclic) bond motifs is 5. The van der Waals surface area contributed by atoms with Gasteiger partial charge in [-0.3, -0.25) is 14.4 Å². The van der Waals surface area contributed by atoms with E-state index in [9.17, 15) is 29.7 Å². The number of carbonyl (C=O) groups excluding carboxylic acids is 3. The molecule has 2 aromatic carbocycles. The molecule has 2 heterocycles. The molecule has 68 heavy (non-hydrogen) atoms. The summed E-state index contributed by atoms with van der Waals surface area (Å²) >= 11 is 1.64. The predicted octanol–water partition coefficient (Wildman–Crippen LogP) is 6.62. The predicted molar refractivity (Wildman–Crippen MR) is 261 cm³/mol. The molecule has 0 spiro atoms. The van der Waals surface area contributed by atoms with Crippen molar-refractivity contribution in [1.29, 1.82) is 0 Å². The van der Waals surface area contributed by atoms with E-state index in [1.807, 2.05) is 71.0 Å². The molecule has 3 amide bonds. The maximum Gasteiger partial charge on any atom is 0.246 e. The minimum absolute atomic E-state index is 0.00802. The number of aromatic nitrogens is 1. The first kappa shape index (κ1) is 51.9. The number of thiazole rings is 1. The van der Waals surface area contributed by atoms with Crippen LogP contribution in [0.3, 0.4) is 0 Å². The van der Waals surface area contributed by atoms with Crippen LogP contribution in [0.4, 0.5) is 0 Å². The first-order valence-corrected chi connectivity index (χ1v) is 25.7. The molecule has 0 unspecified atom stereocenters. The van der Waals surface area contributed by atoms with Crippen LogP contribution >= 0.6 is 11.3 Å². The maximum atomic E-state index is 14.0. The van der Waals surface area contributed by atoms with Crippen LogP contribution < -0.4 is 10.6 Å². The molecular formula is C53H76N4O10S. The van der Waals surface area contributed by atoms with Crippen molar-refractivity contribution in [1.82, 2.24) is 20.5 Å². The van der Waals surface area contributed by atoms with Crippen LogP contribution in [0.1, 0.15) is 112 Å². The summed E-state index contributed by atoms with van der Waals surface area (Å²) in [7, 11) is 0. The number of aliphatic hydroxyl groups is 2. The Kier molecular flexibility index (Phi) is 17.8. The molecule has 15 heteroatoms. The first-order chi connectivity index (χ1) is 32.5. The summed E-state index contributed by atoms with van der Waals surface area (Å²) in [6.45, 7) is 14.7. The molecule has 0 bridgehead atoms. The molecule has 4 aliphatic rings. The van der Waals surface area contributed by atoms with Gasteiger partial charge in [0.1, 0.15) is 24.4 Å². The zero-order valence-electron chi connectivity index (χ0n) is 41.1. The Bertz CT molecular complexity index is 2160. The van der Waals surface area contributed by atoms with Gasteiger partial charge in [-0.15, -0.1) is 11.3 Å². The van der Waals surface area contributed by atoms with E-state index in [2.05, 4.69) is 28.6 Å². The Hall–Kier alpha value is -3.96. The third kappa shape index (κ3) is 12.7. The van der Waals surface area contributed by atoms with E-state index in [1.54, 1.807) is 11.3 Å². The summed E-state index contributed by atoms with van der Waals surface area (Å²) in [6, 6.07) is 12.1. The summed E-state index contributed by atoms with van der Waals surface area (Å²) in [5.41, 5.74) is 5.00. The Morgan fingerprint density at radius 1 is 0.912 bits per heavy atom. The van der Waals surface area contributed by atoms with E-state index < -0.39 is 35.4 Å². The quantitative estimate of drug-likeness (QED) is 0.0681. The molecule has 2 saturated carbocycles. The number of nitrogens with zero attached hydrogens (tertiary/aromatic N) is 2. The van der Waals surface area contributed by atoms with Gasteiger partial charge in [-0.25, -0.2) is 4.98 Å². The number of nitrogens with one attached hydrogen (secondary N) is 2. The first-order valence-electron chi connectivity index (χ1n) is 24.9. The van der Waals surface area contributed by atoms with Gasteiger partial charge in [0.05, 0.1) is 67.4 Å². The molecular weight excluding hydrogens is 885 g/mol. The highest BCUT2D eigenvalue weighted by Crippen LogP contribution is 2.62. The van der Waals surface area contributed by atoms with Crippen molar-refractivity contribution in [3.05, 3.63) is 69.9 Å². The van der Waals surface area contributed by atoms with Gasteiger partial charge in [0.2, 0.25) is 17.7 Å². The number of aliphatic hydroxyl groups excluding tert-OH is 2. The molecule has 14 nitrogen and oxygen atoms in total. The third-order valence-corrected chi connectivity index (χ3v) is 16.3. The SMILES string of the molecule is Cc1nc(C)c(-c2ccc(CNC(=O)[C@@H]3C[C@@H](O)CN3C(=O)[C@@H](NC(=O)COCCOCCOCCOCCCC[C@@H]3Cc4cc(O)ccc4[C@H]4CC[C@]5(C)[C@@H](O)CC[C@H]5[C@H]34)C(C)(C)C)cc2)s1. The smallest absolute Gasteiger partial charge is 0.246 e. The largest absolute Gasteiger partial charge is 0.508 e. The van der Waals surface area contributed by atoms with E-state index >= 15 is 0 Å². The van der Waals surface area contributed by atoms with E-state index in [4.69, 9.17) is 18.9 Å². The number of amides is 3. The number of rotatable bonds is 22.